The monoisotopic (exact) mass is 262 g/mol. The fourth-order valence-corrected chi connectivity index (χ4v) is 1.52. The molecule has 0 aliphatic heterocycles. The first-order valence-corrected chi connectivity index (χ1v) is 5.88. The van der Waals surface area contributed by atoms with E-state index in [1.54, 1.807) is 0 Å². The summed E-state index contributed by atoms with van der Waals surface area (Å²) in [6, 6.07) is 0.534. The third-order valence-corrected chi connectivity index (χ3v) is 2.57. The zero-order valence-corrected chi connectivity index (χ0v) is 9.85. The van der Waals surface area contributed by atoms with Crippen molar-refractivity contribution in [2.75, 3.05) is 24.6 Å². The van der Waals surface area contributed by atoms with Crippen LogP contribution in [0.3, 0.4) is 0 Å². The van der Waals surface area contributed by atoms with Crippen molar-refractivity contribution in [1.29, 1.82) is 0 Å². The second-order valence-corrected chi connectivity index (χ2v) is 4.19. The number of alkyl halides is 2. The molecule has 1 aromatic rings. The molecule has 0 spiro atoms. The lowest BCUT2D eigenvalue weighted by atomic mass is 10.5. The summed E-state index contributed by atoms with van der Waals surface area (Å²) in [4.78, 5) is 1.18. The molecule has 0 aromatic carbocycles. The number of nitrogens with one attached hydrogen (secondary N) is 1. The molecule has 8 heteroatoms. The van der Waals surface area contributed by atoms with Gasteiger partial charge in [0.1, 0.15) is 0 Å². The van der Waals surface area contributed by atoms with Crippen molar-refractivity contribution in [1.82, 2.24) is 15.5 Å². The van der Waals surface area contributed by atoms with E-state index in [1.165, 1.54) is 4.90 Å². The summed E-state index contributed by atoms with van der Waals surface area (Å²) >= 11 is 0. The highest BCUT2D eigenvalue weighted by atomic mass is 19.3. The molecule has 1 aliphatic carbocycles. The number of aliphatic hydroxyl groups is 1. The van der Waals surface area contributed by atoms with Gasteiger partial charge in [-0.3, -0.25) is 0 Å². The van der Waals surface area contributed by atoms with Gasteiger partial charge in [-0.05, 0) is 12.8 Å². The molecule has 0 atom stereocenters. The summed E-state index contributed by atoms with van der Waals surface area (Å²) in [6.45, 7) is -0.287. The van der Waals surface area contributed by atoms with Crippen LogP contribution in [0.4, 0.5) is 14.8 Å². The van der Waals surface area contributed by atoms with Gasteiger partial charge < -0.3 is 19.7 Å². The summed E-state index contributed by atoms with van der Waals surface area (Å²) < 4.78 is 29.9. The van der Waals surface area contributed by atoms with Crippen LogP contribution >= 0.6 is 0 Å². The van der Waals surface area contributed by atoms with Crippen LogP contribution in [-0.4, -0.2) is 47.5 Å². The van der Waals surface area contributed by atoms with E-state index in [0.717, 1.165) is 12.8 Å². The highest BCUT2D eigenvalue weighted by Gasteiger charge is 2.22. The van der Waals surface area contributed by atoms with Crippen molar-refractivity contribution in [3.8, 4) is 0 Å². The first-order valence-electron chi connectivity index (χ1n) is 5.88. The van der Waals surface area contributed by atoms with E-state index in [-0.39, 0.29) is 19.2 Å². The minimum Gasteiger partial charge on any atom is -0.407 e. The van der Waals surface area contributed by atoms with Crippen molar-refractivity contribution < 1.29 is 18.3 Å². The van der Waals surface area contributed by atoms with E-state index in [2.05, 4.69) is 15.5 Å². The second-order valence-electron chi connectivity index (χ2n) is 4.19. The van der Waals surface area contributed by atoms with Crippen LogP contribution in [0, 0.1) is 0 Å². The SMILES string of the molecule is OCCN(CC(F)F)c1nnc(CNC2CC2)o1. The maximum Gasteiger partial charge on any atom is 0.318 e. The van der Waals surface area contributed by atoms with Crippen molar-refractivity contribution in [2.24, 2.45) is 0 Å². The molecule has 1 heterocycles. The Hall–Kier alpha value is -1.28. The normalized spacial score (nSPS) is 15.3. The molecule has 18 heavy (non-hydrogen) atoms. The lowest BCUT2D eigenvalue weighted by molar-refractivity contribution is 0.150. The highest BCUT2D eigenvalue weighted by molar-refractivity contribution is 5.23. The molecule has 0 unspecified atom stereocenters. The smallest absolute Gasteiger partial charge is 0.318 e. The van der Waals surface area contributed by atoms with Crippen molar-refractivity contribution in [3.63, 3.8) is 0 Å². The van der Waals surface area contributed by atoms with Gasteiger partial charge in [-0.2, -0.15) is 0 Å². The Morgan fingerprint density at radius 1 is 1.44 bits per heavy atom. The average Bonchev–Trinajstić information content (AvgIpc) is 3.03. The van der Waals surface area contributed by atoms with Crippen LogP contribution in [0.1, 0.15) is 18.7 Å². The summed E-state index contributed by atoms with van der Waals surface area (Å²) in [5.74, 6) is 0.370. The molecule has 0 radical (unpaired) electrons. The molecular weight excluding hydrogens is 246 g/mol. The van der Waals surface area contributed by atoms with Gasteiger partial charge in [-0.15, -0.1) is 5.10 Å². The third kappa shape index (κ3) is 3.88. The minimum absolute atomic E-state index is 0.0250. The van der Waals surface area contributed by atoms with Crippen LogP contribution in [0.2, 0.25) is 0 Å². The van der Waals surface area contributed by atoms with E-state index < -0.39 is 13.0 Å². The molecule has 1 aromatic heterocycles. The van der Waals surface area contributed by atoms with Crippen LogP contribution in [0.15, 0.2) is 4.42 Å². The van der Waals surface area contributed by atoms with Crippen molar-refractivity contribution >= 4 is 6.01 Å². The largest absolute Gasteiger partial charge is 0.407 e. The molecule has 0 bridgehead atoms. The Labute approximate surface area is 103 Å². The molecule has 0 saturated heterocycles. The maximum absolute atomic E-state index is 12.3. The Morgan fingerprint density at radius 2 is 2.22 bits per heavy atom. The summed E-state index contributed by atoms with van der Waals surface area (Å²) in [7, 11) is 0. The fraction of sp³-hybridized carbons (Fsp3) is 0.800. The molecule has 1 aliphatic rings. The third-order valence-electron chi connectivity index (χ3n) is 2.57. The molecule has 0 amide bonds. The first-order chi connectivity index (χ1) is 8.69. The Balaban J connectivity index is 1.91. The molecule has 6 nitrogen and oxygen atoms in total. The molecular formula is C10H16F2N4O2. The van der Waals surface area contributed by atoms with E-state index in [9.17, 15) is 8.78 Å². The van der Waals surface area contributed by atoms with Crippen LogP contribution in [0.25, 0.3) is 0 Å². The molecule has 2 N–H and O–H groups in total. The second kappa shape index (κ2) is 6.05. The standard InChI is InChI=1S/C10H16F2N4O2/c11-8(12)6-16(3-4-17)10-15-14-9(18-10)5-13-7-1-2-7/h7-8,13,17H,1-6H2. The van der Waals surface area contributed by atoms with Gasteiger partial charge in [-0.25, -0.2) is 8.78 Å². The van der Waals surface area contributed by atoms with Crippen molar-refractivity contribution in [2.45, 2.75) is 31.9 Å². The van der Waals surface area contributed by atoms with Crippen molar-refractivity contribution in [3.05, 3.63) is 5.89 Å². The average molecular weight is 262 g/mol. The Bertz CT molecular complexity index is 371. The van der Waals surface area contributed by atoms with Crippen LogP contribution < -0.4 is 10.2 Å². The van der Waals surface area contributed by atoms with Crippen LogP contribution in [-0.2, 0) is 6.54 Å². The number of hydrogen-bond acceptors (Lipinski definition) is 6. The van der Waals surface area contributed by atoms with E-state index in [1.807, 2.05) is 0 Å². The number of aromatic nitrogens is 2. The van der Waals surface area contributed by atoms with Gasteiger partial charge in [0.25, 0.3) is 6.43 Å². The van der Waals surface area contributed by atoms with Gasteiger partial charge in [0, 0.05) is 12.6 Å². The predicted molar refractivity (Wildman–Crippen MR) is 59.5 cm³/mol. The molecule has 1 saturated carbocycles. The first kappa shape index (κ1) is 13.2. The number of halogens is 2. The lowest BCUT2D eigenvalue weighted by Crippen LogP contribution is -2.31. The Morgan fingerprint density at radius 3 is 2.83 bits per heavy atom. The minimum atomic E-state index is -2.52. The molecule has 2 rings (SSSR count). The Kier molecular flexibility index (Phi) is 4.43. The quantitative estimate of drug-likeness (QED) is 0.705. The number of anilines is 1. The van der Waals surface area contributed by atoms with E-state index >= 15 is 0 Å². The van der Waals surface area contributed by atoms with Gasteiger partial charge >= 0.3 is 6.01 Å². The summed E-state index contributed by atoms with van der Waals surface area (Å²) in [6.07, 6.45) is -0.233. The topological polar surface area (TPSA) is 74.4 Å². The van der Waals surface area contributed by atoms with Crippen LogP contribution in [0.5, 0.6) is 0 Å². The predicted octanol–water partition coefficient (Wildman–Crippen LogP) is 0.385. The number of hydrogen-bond donors (Lipinski definition) is 2. The van der Waals surface area contributed by atoms with E-state index in [0.29, 0.717) is 18.5 Å². The summed E-state index contributed by atoms with van der Waals surface area (Å²) in [5, 5.41) is 19.5. The zero-order chi connectivity index (χ0) is 13.0. The highest BCUT2D eigenvalue weighted by Crippen LogP contribution is 2.20. The summed E-state index contributed by atoms with van der Waals surface area (Å²) in [5.41, 5.74) is 0. The number of nitrogens with zero attached hydrogens (tertiary/aromatic N) is 3. The maximum atomic E-state index is 12.3. The van der Waals surface area contributed by atoms with E-state index in [4.69, 9.17) is 9.52 Å². The van der Waals surface area contributed by atoms with Gasteiger partial charge in [0.15, 0.2) is 0 Å². The van der Waals surface area contributed by atoms with Gasteiger partial charge in [0.2, 0.25) is 5.89 Å². The fourth-order valence-electron chi connectivity index (χ4n) is 1.52. The van der Waals surface area contributed by atoms with Gasteiger partial charge in [0.05, 0.1) is 19.7 Å². The van der Waals surface area contributed by atoms with Gasteiger partial charge in [-0.1, -0.05) is 5.10 Å². The lowest BCUT2D eigenvalue weighted by Gasteiger charge is -2.17. The number of rotatable bonds is 8. The number of aliphatic hydroxyl groups excluding tert-OH is 1. The molecule has 102 valence electrons. The zero-order valence-electron chi connectivity index (χ0n) is 9.85. The molecule has 1 fully saturated rings.